The van der Waals surface area contributed by atoms with Crippen molar-refractivity contribution in [2.45, 2.75) is 0 Å². The summed E-state index contributed by atoms with van der Waals surface area (Å²) in [5.41, 5.74) is 1.56. The molecule has 0 aliphatic rings. The molecule has 1 N–H and O–H groups in total. The summed E-state index contributed by atoms with van der Waals surface area (Å²) in [5, 5.41) is 10.8. The van der Waals surface area contributed by atoms with Gasteiger partial charge in [-0.1, -0.05) is 17.4 Å². The lowest BCUT2D eigenvalue weighted by Gasteiger charge is -1.97. The maximum absolute atomic E-state index is 10.7. The molecule has 7 heteroatoms. The van der Waals surface area contributed by atoms with Crippen LogP contribution in [0.1, 0.15) is 0 Å². The molecule has 0 atom stereocenters. The largest absolute Gasteiger partial charge is 0.494 e. The molecule has 6 nitrogen and oxygen atoms in total. The molecule has 0 saturated heterocycles. The number of rotatable bonds is 3. The van der Waals surface area contributed by atoms with Crippen molar-refractivity contribution in [3.63, 3.8) is 0 Å². The molecule has 0 aliphatic carbocycles. The van der Waals surface area contributed by atoms with Gasteiger partial charge in [-0.15, -0.1) is 0 Å². The number of hydrogen-bond acceptors (Lipinski definition) is 5. The van der Waals surface area contributed by atoms with Crippen LogP contribution in [-0.2, 0) is 0 Å². The number of fused-ring (bicyclic) bond motifs is 1. The molecular formula is C12H9N3O3S. The number of aromatic amines is 1. The van der Waals surface area contributed by atoms with Gasteiger partial charge in [-0.2, -0.15) is 0 Å². The van der Waals surface area contributed by atoms with E-state index < -0.39 is 4.92 Å². The highest BCUT2D eigenvalue weighted by atomic mass is 32.1. The number of thiophene rings is 1. The molecule has 2 heterocycles. The third-order valence-electron chi connectivity index (χ3n) is 2.70. The number of H-pyrrole nitrogens is 1. The Morgan fingerprint density at radius 1 is 1.37 bits per heavy atom. The molecule has 19 heavy (non-hydrogen) atoms. The second-order valence-corrected chi connectivity index (χ2v) is 4.90. The third-order valence-corrected chi connectivity index (χ3v) is 3.74. The summed E-state index contributed by atoms with van der Waals surface area (Å²) in [6.07, 6.45) is 0. The normalized spacial score (nSPS) is 10.8. The van der Waals surface area contributed by atoms with Gasteiger partial charge in [0.25, 0.3) is 0 Å². The zero-order chi connectivity index (χ0) is 13.4. The molecule has 0 bridgehead atoms. The van der Waals surface area contributed by atoms with Crippen LogP contribution >= 0.6 is 11.3 Å². The average molecular weight is 275 g/mol. The molecule has 0 aliphatic heterocycles. The van der Waals surface area contributed by atoms with E-state index in [0.717, 1.165) is 27.2 Å². The predicted molar refractivity (Wildman–Crippen MR) is 72.6 cm³/mol. The van der Waals surface area contributed by atoms with Crippen molar-refractivity contribution >= 4 is 27.4 Å². The molecule has 3 aromatic rings. The van der Waals surface area contributed by atoms with Gasteiger partial charge in [-0.25, -0.2) is 4.98 Å². The van der Waals surface area contributed by atoms with Gasteiger partial charge < -0.3 is 9.72 Å². The highest BCUT2D eigenvalue weighted by Crippen LogP contribution is 2.33. The fraction of sp³-hybridized carbons (Fsp3) is 0.0833. The maximum atomic E-state index is 10.7. The Labute approximate surface area is 111 Å². The van der Waals surface area contributed by atoms with E-state index in [2.05, 4.69) is 9.97 Å². The number of ether oxygens (including phenoxy) is 1. The number of hydrogen-bond donors (Lipinski definition) is 1. The van der Waals surface area contributed by atoms with E-state index in [0.29, 0.717) is 11.6 Å². The fourth-order valence-corrected chi connectivity index (χ4v) is 2.61. The van der Waals surface area contributed by atoms with E-state index in [4.69, 9.17) is 4.74 Å². The minimum absolute atomic E-state index is 0.0995. The summed E-state index contributed by atoms with van der Waals surface area (Å²) in [5.74, 6) is 1.28. The summed E-state index contributed by atoms with van der Waals surface area (Å²) in [6.45, 7) is 0. The molecule has 0 unspecified atom stereocenters. The number of methoxy groups -OCH3 is 1. The molecular weight excluding hydrogens is 266 g/mol. The van der Waals surface area contributed by atoms with Crippen LogP contribution in [-0.4, -0.2) is 22.0 Å². The lowest BCUT2D eigenvalue weighted by molar-refractivity contribution is -0.380. The van der Waals surface area contributed by atoms with E-state index in [1.807, 2.05) is 18.2 Å². The maximum Gasteiger partial charge on any atom is 0.324 e. The van der Waals surface area contributed by atoms with Gasteiger partial charge in [-0.05, 0) is 18.2 Å². The van der Waals surface area contributed by atoms with Gasteiger partial charge in [0.1, 0.15) is 17.1 Å². The Morgan fingerprint density at radius 3 is 2.89 bits per heavy atom. The van der Waals surface area contributed by atoms with E-state index in [1.54, 1.807) is 13.2 Å². The van der Waals surface area contributed by atoms with Crippen molar-refractivity contribution in [3.05, 3.63) is 40.4 Å². The Morgan fingerprint density at radius 2 is 2.21 bits per heavy atom. The zero-order valence-electron chi connectivity index (χ0n) is 9.91. The zero-order valence-corrected chi connectivity index (χ0v) is 10.7. The lowest BCUT2D eigenvalue weighted by atomic mass is 10.3. The molecule has 0 saturated carbocycles. The molecule has 96 valence electrons. The van der Waals surface area contributed by atoms with Gasteiger partial charge in [-0.3, -0.25) is 10.1 Å². The Hall–Kier alpha value is -2.41. The van der Waals surface area contributed by atoms with Crippen LogP contribution in [0.25, 0.3) is 21.7 Å². The summed E-state index contributed by atoms with van der Waals surface area (Å²) >= 11 is 1.09. The topological polar surface area (TPSA) is 81.0 Å². The molecule has 3 rings (SSSR count). The summed E-state index contributed by atoms with van der Waals surface area (Å²) in [6, 6.07) is 8.73. The molecule has 2 aromatic heterocycles. The predicted octanol–water partition coefficient (Wildman–Crippen LogP) is 3.21. The van der Waals surface area contributed by atoms with Crippen LogP contribution in [0.4, 0.5) is 5.00 Å². The first-order valence-corrected chi connectivity index (χ1v) is 6.28. The van der Waals surface area contributed by atoms with Gasteiger partial charge in [0, 0.05) is 6.07 Å². The third kappa shape index (κ3) is 1.93. The van der Waals surface area contributed by atoms with Gasteiger partial charge in [0.2, 0.25) is 0 Å². The lowest BCUT2D eigenvalue weighted by Crippen LogP contribution is -1.83. The first-order chi connectivity index (χ1) is 9.19. The number of aromatic nitrogens is 2. The molecule has 0 amide bonds. The molecule has 0 fully saturated rings. The summed E-state index contributed by atoms with van der Waals surface area (Å²) in [7, 11) is 1.58. The number of benzene rings is 1. The molecule has 0 radical (unpaired) electrons. The van der Waals surface area contributed by atoms with Gasteiger partial charge in [0.05, 0.1) is 22.4 Å². The van der Waals surface area contributed by atoms with Crippen LogP contribution in [0.5, 0.6) is 5.75 Å². The van der Waals surface area contributed by atoms with Crippen LogP contribution in [0, 0.1) is 10.1 Å². The Balaban J connectivity index is 2.12. The highest BCUT2D eigenvalue weighted by Gasteiger charge is 2.15. The number of nitrogens with one attached hydrogen (secondary N) is 1. The number of nitrogens with zero attached hydrogens (tertiary/aromatic N) is 2. The van der Waals surface area contributed by atoms with Gasteiger partial charge in [0.15, 0.2) is 0 Å². The standard InChI is InChI=1S/C12H9N3O3S/c1-18-8-4-2-3-7-11(8)14-12(13-7)9-5-6-10(19-9)15(16)17/h2-6H,1H3,(H,13,14). The summed E-state index contributed by atoms with van der Waals surface area (Å²) < 4.78 is 5.23. The Kier molecular flexibility index (Phi) is 2.68. The second kappa shape index (κ2) is 4.36. The van der Waals surface area contributed by atoms with E-state index in [1.165, 1.54) is 6.07 Å². The minimum Gasteiger partial charge on any atom is -0.494 e. The van der Waals surface area contributed by atoms with Crippen molar-refractivity contribution in [2.75, 3.05) is 7.11 Å². The van der Waals surface area contributed by atoms with Crippen molar-refractivity contribution in [1.82, 2.24) is 9.97 Å². The van der Waals surface area contributed by atoms with E-state index in [-0.39, 0.29) is 5.00 Å². The molecule has 0 spiro atoms. The minimum atomic E-state index is -0.405. The van der Waals surface area contributed by atoms with Crippen LogP contribution in [0.15, 0.2) is 30.3 Å². The SMILES string of the molecule is COc1cccc2[nH]c(-c3ccc([N+](=O)[O-])s3)nc12. The number of para-hydroxylation sites is 1. The van der Waals surface area contributed by atoms with Crippen LogP contribution in [0.3, 0.4) is 0 Å². The quantitative estimate of drug-likeness (QED) is 0.588. The monoisotopic (exact) mass is 275 g/mol. The second-order valence-electron chi connectivity index (χ2n) is 3.84. The first kappa shape index (κ1) is 11.7. The van der Waals surface area contributed by atoms with Crippen molar-refractivity contribution in [3.8, 4) is 16.5 Å². The van der Waals surface area contributed by atoms with Crippen molar-refractivity contribution in [2.24, 2.45) is 0 Å². The van der Waals surface area contributed by atoms with Crippen molar-refractivity contribution < 1.29 is 9.66 Å². The average Bonchev–Trinajstić information content (AvgIpc) is 3.04. The summed E-state index contributed by atoms with van der Waals surface area (Å²) in [4.78, 5) is 18.6. The van der Waals surface area contributed by atoms with E-state index in [9.17, 15) is 10.1 Å². The fourth-order valence-electron chi connectivity index (χ4n) is 1.84. The van der Waals surface area contributed by atoms with E-state index >= 15 is 0 Å². The number of nitro groups is 1. The number of imidazole rings is 1. The van der Waals surface area contributed by atoms with Crippen molar-refractivity contribution in [1.29, 1.82) is 0 Å². The smallest absolute Gasteiger partial charge is 0.324 e. The highest BCUT2D eigenvalue weighted by molar-refractivity contribution is 7.18. The first-order valence-electron chi connectivity index (χ1n) is 5.46. The van der Waals surface area contributed by atoms with Crippen LogP contribution < -0.4 is 4.74 Å². The molecule has 1 aromatic carbocycles. The van der Waals surface area contributed by atoms with Gasteiger partial charge >= 0.3 is 5.00 Å². The Bertz CT molecular complexity index is 763. The van der Waals surface area contributed by atoms with Crippen LogP contribution in [0.2, 0.25) is 0 Å².